The van der Waals surface area contributed by atoms with Gasteiger partial charge in [0.2, 0.25) is 0 Å². The van der Waals surface area contributed by atoms with E-state index in [1.807, 2.05) is 25.1 Å². The number of ether oxygens (including phenoxy) is 2. The van der Waals surface area contributed by atoms with Crippen LogP contribution < -0.4 is 10.1 Å². The zero-order valence-corrected chi connectivity index (χ0v) is 14.4. The normalized spacial score (nSPS) is 10.5. The lowest BCUT2D eigenvalue weighted by Gasteiger charge is -2.07. The van der Waals surface area contributed by atoms with Crippen LogP contribution in [0.5, 0.6) is 5.75 Å². The molecule has 2 aromatic rings. The minimum atomic E-state index is -0.631. The standard InChI is InChI=1S/C20H20FNO4/c1-2-25-18-6-4-3-5-16(18)9-12-20(24)26-14-19(23)22-13-15-7-10-17(21)11-8-15/h3-12H,2,13-14H2,1H3,(H,22,23)/b12-9+. The summed E-state index contributed by atoms with van der Waals surface area (Å²) in [7, 11) is 0. The molecule has 5 nitrogen and oxygen atoms in total. The largest absolute Gasteiger partial charge is 0.493 e. The molecule has 0 saturated carbocycles. The summed E-state index contributed by atoms with van der Waals surface area (Å²) < 4.78 is 23.2. The molecule has 0 atom stereocenters. The molecule has 1 N–H and O–H groups in total. The van der Waals surface area contributed by atoms with Gasteiger partial charge >= 0.3 is 5.97 Å². The van der Waals surface area contributed by atoms with Crippen LogP contribution in [0.15, 0.2) is 54.6 Å². The molecule has 0 saturated heterocycles. The first-order valence-corrected chi connectivity index (χ1v) is 8.16. The Kier molecular flexibility index (Phi) is 7.36. The van der Waals surface area contributed by atoms with Gasteiger partial charge in [-0.3, -0.25) is 4.79 Å². The van der Waals surface area contributed by atoms with E-state index in [0.717, 1.165) is 11.1 Å². The van der Waals surface area contributed by atoms with Crippen molar-refractivity contribution in [1.29, 1.82) is 0 Å². The Morgan fingerprint density at radius 1 is 1.12 bits per heavy atom. The monoisotopic (exact) mass is 357 g/mol. The fourth-order valence-corrected chi connectivity index (χ4v) is 2.10. The van der Waals surface area contributed by atoms with E-state index >= 15 is 0 Å². The average Bonchev–Trinajstić information content (AvgIpc) is 2.65. The first kappa shape index (κ1) is 19.2. The third kappa shape index (κ3) is 6.39. The lowest BCUT2D eigenvalue weighted by Crippen LogP contribution is -2.28. The Morgan fingerprint density at radius 2 is 1.85 bits per heavy atom. The third-order valence-electron chi connectivity index (χ3n) is 3.37. The van der Waals surface area contributed by atoms with Gasteiger partial charge in [0.05, 0.1) is 6.61 Å². The van der Waals surface area contributed by atoms with E-state index < -0.39 is 18.5 Å². The third-order valence-corrected chi connectivity index (χ3v) is 3.37. The molecular formula is C20H20FNO4. The SMILES string of the molecule is CCOc1ccccc1/C=C/C(=O)OCC(=O)NCc1ccc(F)cc1. The Morgan fingerprint density at radius 3 is 2.58 bits per heavy atom. The fraction of sp³-hybridized carbons (Fsp3) is 0.200. The van der Waals surface area contributed by atoms with Gasteiger partial charge in [0.15, 0.2) is 6.61 Å². The number of carbonyl (C=O) groups excluding carboxylic acids is 2. The first-order chi connectivity index (χ1) is 12.6. The van der Waals surface area contributed by atoms with Gasteiger partial charge in [0.1, 0.15) is 11.6 Å². The fourth-order valence-electron chi connectivity index (χ4n) is 2.10. The van der Waals surface area contributed by atoms with Gasteiger partial charge in [-0.25, -0.2) is 9.18 Å². The molecule has 26 heavy (non-hydrogen) atoms. The molecule has 0 aliphatic carbocycles. The number of nitrogens with one attached hydrogen (secondary N) is 1. The second-order valence-corrected chi connectivity index (χ2v) is 5.32. The maximum Gasteiger partial charge on any atom is 0.331 e. The summed E-state index contributed by atoms with van der Waals surface area (Å²) in [6.45, 7) is 2.23. The molecule has 0 spiro atoms. The lowest BCUT2D eigenvalue weighted by atomic mass is 10.2. The molecule has 0 aliphatic heterocycles. The molecule has 6 heteroatoms. The van der Waals surface area contributed by atoms with Gasteiger partial charge in [0, 0.05) is 18.2 Å². The van der Waals surface area contributed by atoms with Gasteiger partial charge in [-0.2, -0.15) is 0 Å². The summed E-state index contributed by atoms with van der Waals surface area (Å²) in [4.78, 5) is 23.4. The van der Waals surface area contributed by atoms with E-state index in [1.165, 1.54) is 18.2 Å². The van der Waals surface area contributed by atoms with Gasteiger partial charge < -0.3 is 14.8 Å². The van der Waals surface area contributed by atoms with E-state index in [0.29, 0.717) is 12.4 Å². The van der Waals surface area contributed by atoms with E-state index in [1.54, 1.807) is 24.3 Å². The molecule has 2 rings (SSSR count). The highest BCUT2D eigenvalue weighted by Gasteiger charge is 2.06. The van der Waals surface area contributed by atoms with Gasteiger partial charge in [-0.1, -0.05) is 30.3 Å². The van der Waals surface area contributed by atoms with Crippen molar-refractivity contribution in [3.63, 3.8) is 0 Å². The molecule has 2 aromatic carbocycles. The molecule has 0 bridgehead atoms. The minimum Gasteiger partial charge on any atom is -0.493 e. The Hall–Kier alpha value is -3.15. The van der Waals surface area contributed by atoms with Crippen molar-refractivity contribution in [3.05, 3.63) is 71.6 Å². The highest BCUT2D eigenvalue weighted by atomic mass is 19.1. The van der Waals surface area contributed by atoms with Crippen LogP contribution in [0.3, 0.4) is 0 Å². The highest BCUT2D eigenvalue weighted by molar-refractivity contribution is 5.89. The molecule has 0 aromatic heterocycles. The number of hydrogen-bond acceptors (Lipinski definition) is 4. The number of amides is 1. The van der Waals surface area contributed by atoms with Gasteiger partial charge in [-0.05, 0) is 36.8 Å². The number of rotatable bonds is 8. The number of esters is 1. The van der Waals surface area contributed by atoms with Crippen LogP contribution in [0.4, 0.5) is 4.39 Å². The molecule has 136 valence electrons. The van der Waals surface area contributed by atoms with Crippen LogP contribution in [0.2, 0.25) is 0 Å². The molecule has 0 fully saturated rings. The topological polar surface area (TPSA) is 64.6 Å². The first-order valence-electron chi connectivity index (χ1n) is 8.16. The van der Waals surface area contributed by atoms with Crippen molar-refractivity contribution in [3.8, 4) is 5.75 Å². The van der Waals surface area contributed by atoms with Crippen molar-refractivity contribution < 1.29 is 23.5 Å². The highest BCUT2D eigenvalue weighted by Crippen LogP contribution is 2.19. The molecule has 0 heterocycles. The summed E-state index contributed by atoms with van der Waals surface area (Å²) in [6, 6.07) is 13.0. The number of hydrogen-bond donors (Lipinski definition) is 1. The maximum absolute atomic E-state index is 12.8. The van der Waals surface area contributed by atoms with Gasteiger partial charge in [-0.15, -0.1) is 0 Å². The van der Waals surface area contributed by atoms with Crippen LogP contribution >= 0.6 is 0 Å². The van der Waals surface area contributed by atoms with Crippen LogP contribution in [-0.2, 0) is 20.9 Å². The average molecular weight is 357 g/mol. The second kappa shape index (κ2) is 9.98. The summed E-state index contributed by atoms with van der Waals surface area (Å²) in [6.07, 6.45) is 2.81. The van der Waals surface area contributed by atoms with Crippen molar-refractivity contribution in [2.75, 3.05) is 13.2 Å². The van der Waals surface area contributed by atoms with Crippen LogP contribution in [-0.4, -0.2) is 25.1 Å². The molecule has 1 amide bonds. The zero-order chi connectivity index (χ0) is 18.8. The second-order valence-electron chi connectivity index (χ2n) is 5.32. The number of halogens is 1. The maximum atomic E-state index is 12.8. The summed E-state index contributed by atoms with van der Waals surface area (Å²) in [5.74, 6) is -0.748. The molecular weight excluding hydrogens is 337 g/mol. The summed E-state index contributed by atoms with van der Waals surface area (Å²) in [5.41, 5.74) is 1.49. The van der Waals surface area contributed by atoms with Gasteiger partial charge in [0.25, 0.3) is 5.91 Å². The zero-order valence-electron chi connectivity index (χ0n) is 14.4. The molecule has 0 aliphatic rings. The molecule has 0 unspecified atom stereocenters. The Labute approximate surface area is 151 Å². The van der Waals surface area contributed by atoms with Crippen LogP contribution in [0.1, 0.15) is 18.1 Å². The van der Waals surface area contributed by atoms with E-state index in [4.69, 9.17) is 9.47 Å². The number of carbonyl (C=O) groups is 2. The van der Waals surface area contributed by atoms with Crippen molar-refractivity contribution >= 4 is 18.0 Å². The summed E-state index contributed by atoms with van der Waals surface area (Å²) >= 11 is 0. The lowest BCUT2D eigenvalue weighted by molar-refractivity contribution is -0.143. The number of para-hydroxylation sites is 1. The minimum absolute atomic E-state index is 0.230. The van der Waals surface area contributed by atoms with Crippen LogP contribution in [0.25, 0.3) is 6.08 Å². The van der Waals surface area contributed by atoms with E-state index in [-0.39, 0.29) is 12.4 Å². The predicted octanol–water partition coefficient (Wildman–Crippen LogP) is 3.10. The van der Waals surface area contributed by atoms with Crippen molar-refractivity contribution in [1.82, 2.24) is 5.32 Å². The quantitative estimate of drug-likeness (QED) is 0.582. The Balaban J connectivity index is 1.77. The summed E-state index contributed by atoms with van der Waals surface area (Å²) in [5, 5.41) is 2.59. The number of benzene rings is 2. The molecule has 0 radical (unpaired) electrons. The van der Waals surface area contributed by atoms with Crippen LogP contribution in [0, 0.1) is 5.82 Å². The van der Waals surface area contributed by atoms with Crippen molar-refractivity contribution in [2.24, 2.45) is 0 Å². The van der Waals surface area contributed by atoms with E-state index in [9.17, 15) is 14.0 Å². The predicted molar refractivity (Wildman–Crippen MR) is 95.9 cm³/mol. The van der Waals surface area contributed by atoms with Crippen molar-refractivity contribution in [2.45, 2.75) is 13.5 Å². The Bertz CT molecular complexity index is 772. The smallest absolute Gasteiger partial charge is 0.331 e. The van der Waals surface area contributed by atoms with E-state index in [2.05, 4.69) is 5.32 Å².